The number of amides is 2. The Morgan fingerprint density at radius 1 is 1.24 bits per heavy atom. The third-order valence-electron chi connectivity index (χ3n) is 3.94. The number of nitrogens with one attached hydrogen (secondary N) is 1. The SMILES string of the molecule is COc1ccc(NC(=O)N2CCS[C@@H]2c2cccc(F)c2)c(OC)c1. The summed E-state index contributed by atoms with van der Waals surface area (Å²) in [4.78, 5) is 14.4. The van der Waals surface area contributed by atoms with Crippen LogP contribution in [0.1, 0.15) is 10.9 Å². The van der Waals surface area contributed by atoms with Crippen molar-refractivity contribution in [1.82, 2.24) is 4.90 Å². The Morgan fingerprint density at radius 3 is 2.80 bits per heavy atom. The number of hydrogen-bond donors (Lipinski definition) is 1. The van der Waals surface area contributed by atoms with Crippen LogP contribution in [0.4, 0.5) is 14.9 Å². The van der Waals surface area contributed by atoms with Gasteiger partial charge in [0.15, 0.2) is 0 Å². The van der Waals surface area contributed by atoms with Crippen LogP contribution in [-0.4, -0.2) is 37.4 Å². The van der Waals surface area contributed by atoms with E-state index < -0.39 is 0 Å². The highest BCUT2D eigenvalue weighted by atomic mass is 32.2. The van der Waals surface area contributed by atoms with Crippen molar-refractivity contribution in [3.05, 3.63) is 53.8 Å². The van der Waals surface area contributed by atoms with Gasteiger partial charge in [0.25, 0.3) is 0 Å². The highest BCUT2D eigenvalue weighted by molar-refractivity contribution is 7.99. The number of anilines is 1. The van der Waals surface area contributed by atoms with Gasteiger partial charge in [-0.1, -0.05) is 12.1 Å². The molecule has 2 amide bonds. The van der Waals surface area contributed by atoms with Crippen LogP contribution in [0.2, 0.25) is 0 Å². The fraction of sp³-hybridized carbons (Fsp3) is 0.278. The molecule has 25 heavy (non-hydrogen) atoms. The molecule has 132 valence electrons. The van der Waals surface area contributed by atoms with Crippen LogP contribution in [0.5, 0.6) is 11.5 Å². The second-order valence-electron chi connectivity index (χ2n) is 5.47. The Kier molecular flexibility index (Phi) is 5.33. The highest BCUT2D eigenvalue weighted by Gasteiger charge is 2.31. The zero-order valence-electron chi connectivity index (χ0n) is 14.0. The van der Waals surface area contributed by atoms with Gasteiger partial charge in [0.2, 0.25) is 0 Å². The quantitative estimate of drug-likeness (QED) is 0.889. The molecule has 3 rings (SSSR count). The zero-order valence-corrected chi connectivity index (χ0v) is 14.8. The average molecular weight is 362 g/mol. The molecule has 2 aromatic rings. The Bertz CT molecular complexity index is 772. The third kappa shape index (κ3) is 3.82. The number of rotatable bonds is 4. The van der Waals surface area contributed by atoms with Crippen molar-refractivity contribution in [2.24, 2.45) is 0 Å². The van der Waals surface area contributed by atoms with E-state index in [0.717, 1.165) is 11.3 Å². The summed E-state index contributed by atoms with van der Waals surface area (Å²) in [6, 6.07) is 11.3. The molecule has 0 spiro atoms. The minimum atomic E-state index is -0.304. The van der Waals surface area contributed by atoms with E-state index in [2.05, 4.69) is 5.32 Å². The molecule has 0 bridgehead atoms. The second kappa shape index (κ2) is 7.65. The normalized spacial score (nSPS) is 16.6. The summed E-state index contributed by atoms with van der Waals surface area (Å²) in [5.74, 6) is 1.65. The van der Waals surface area contributed by atoms with Crippen molar-refractivity contribution >= 4 is 23.5 Å². The second-order valence-corrected chi connectivity index (χ2v) is 6.66. The van der Waals surface area contributed by atoms with E-state index in [4.69, 9.17) is 9.47 Å². The van der Waals surface area contributed by atoms with Gasteiger partial charge in [0.05, 0.1) is 19.9 Å². The molecule has 0 unspecified atom stereocenters. The first-order valence-corrected chi connectivity index (χ1v) is 8.84. The highest BCUT2D eigenvalue weighted by Crippen LogP contribution is 2.39. The average Bonchev–Trinajstić information content (AvgIpc) is 3.12. The number of carbonyl (C=O) groups is 1. The van der Waals surface area contributed by atoms with Gasteiger partial charge in [0, 0.05) is 18.4 Å². The van der Waals surface area contributed by atoms with Gasteiger partial charge in [0.1, 0.15) is 22.7 Å². The van der Waals surface area contributed by atoms with Crippen molar-refractivity contribution in [1.29, 1.82) is 0 Å². The number of urea groups is 1. The van der Waals surface area contributed by atoms with Crippen molar-refractivity contribution in [2.45, 2.75) is 5.37 Å². The first-order valence-electron chi connectivity index (χ1n) is 7.79. The molecule has 2 aromatic carbocycles. The van der Waals surface area contributed by atoms with Crippen LogP contribution in [0.3, 0.4) is 0 Å². The molecule has 0 aromatic heterocycles. The summed E-state index contributed by atoms with van der Waals surface area (Å²) in [5, 5.41) is 2.66. The van der Waals surface area contributed by atoms with Crippen molar-refractivity contribution in [2.75, 3.05) is 31.8 Å². The summed E-state index contributed by atoms with van der Waals surface area (Å²) in [5.41, 5.74) is 1.34. The molecular formula is C18H19FN2O3S. The molecule has 1 fully saturated rings. The van der Waals surface area contributed by atoms with Crippen molar-refractivity contribution in [3.63, 3.8) is 0 Å². The van der Waals surface area contributed by atoms with Gasteiger partial charge >= 0.3 is 6.03 Å². The van der Waals surface area contributed by atoms with Gasteiger partial charge < -0.3 is 19.7 Å². The van der Waals surface area contributed by atoms with Gasteiger partial charge in [-0.3, -0.25) is 0 Å². The number of ether oxygens (including phenoxy) is 2. The Hall–Kier alpha value is -2.41. The third-order valence-corrected chi connectivity index (χ3v) is 5.20. The van der Waals surface area contributed by atoms with E-state index in [0.29, 0.717) is 23.7 Å². The predicted octanol–water partition coefficient (Wildman–Crippen LogP) is 4.12. The number of carbonyl (C=O) groups excluding carboxylic acids is 1. The van der Waals surface area contributed by atoms with E-state index in [1.165, 1.54) is 19.2 Å². The zero-order chi connectivity index (χ0) is 17.8. The van der Waals surface area contributed by atoms with E-state index in [1.807, 2.05) is 6.07 Å². The summed E-state index contributed by atoms with van der Waals surface area (Å²) < 4.78 is 24.0. The van der Waals surface area contributed by atoms with E-state index in [9.17, 15) is 9.18 Å². The largest absolute Gasteiger partial charge is 0.497 e. The van der Waals surface area contributed by atoms with E-state index >= 15 is 0 Å². The number of thioether (sulfide) groups is 1. The summed E-state index contributed by atoms with van der Waals surface area (Å²) in [6.45, 7) is 0.593. The number of benzene rings is 2. The molecule has 1 aliphatic heterocycles. The molecule has 7 heteroatoms. The molecular weight excluding hydrogens is 343 g/mol. The fourth-order valence-electron chi connectivity index (χ4n) is 2.70. The monoisotopic (exact) mass is 362 g/mol. The van der Waals surface area contributed by atoms with Gasteiger partial charge in [-0.05, 0) is 29.8 Å². The maximum atomic E-state index is 13.5. The molecule has 1 N–H and O–H groups in total. The summed E-state index contributed by atoms with van der Waals surface area (Å²) in [7, 11) is 3.10. The number of hydrogen-bond acceptors (Lipinski definition) is 4. The number of methoxy groups -OCH3 is 2. The van der Waals surface area contributed by atoms with Crippen LogP contribution < -0.4 is 14.8 Å². The Labute approximate surface area is 150 Å². The molecule has 1 aliphatic rings. The van der Waals surface area contributed by atoms with Gasteiger partial charge in [-0.15, -0.1) is 11.8 Å². The van der Waals surface area contributed by atoms with E-state index in [-0.39, 0.29) is 17.2 Å². The lowest BCUT2D eigenvalue weighted by Crippen LogP contribution is -2.34. The van der Waals surface area contributed by atoms with Crippen LogP contribution >= 0.6 is 11.8 Å². The minimum Gasteiger partial charge on any atom is -0.497 e. The summed E-state index contributed by atoms with van der Waals surface area (Å²) >= 11 is 1.61. The molecule has 0 radical (unpaired) electrons. The van der Waals surface area contributed by atoms with Gasteiger partial charge in [-0.2, -0.15) is 0 Å². The maximum absolute atomic E-state index is 13.5. The van der Waals surface area contributed by atoms with Crippen molar-refractivity contribution in [3.8, 4) is 11.5 Å². The van der Waals surface area contributed by atoms with Crippen LogP contribution in [0, 0.1) is 5.82 Å². The molecule has 1 atom stereocenters. The van der Waals surface area contributed by atoms with Crippen LogP contribution in [-0.2, 0) is 0 Å². The standard InChI is InChI=1S/C18H19FN2O3S/c1-23-14-6-7-15(16(11-14)24-2)20-18(22)21-8-9-25-17(21)12-4-3-5-13(19)10-12/h3-7,10-11,17H,8-9H2,1-2H3,(H,20,22)/t17-/m1/s1. The smallest absolute Gasteiger partial charge is 0.323 e. The molecule has 0 aliphatic carbocycles. The predicted molar refractivity (Wildman–Crippen MR) is 96.9 cm³/mol. The lowest BCUT2D eigenvalue weighted by molar-refractivity contribution is 0.214. The molecule has 1 saturated heterocycles. The van der Waals surface area contributed by atoms with Crippen LogP contribution in [0.25, 0.3) is 0 Å². The van der Waals surface area contributed by atoms with Crippen molar-refractivity contribution < 1.29 is 18.7 Å². The molecule has 5 nitrogen and oxygen atoms in total. The number of nitrogens with zero attached hydrogens (tertiary/aromatic N) is 1. The Morgan fingerprint density at radius 2 is 2.08 bits per heavy atom. The molecule has 0 saturated carbocycles. The number of halogens is 1. The minimum absolute atomic E-state index is 0.208. The maximum Gasteiger partial charge on any atom is 0.323 e. The first kappa shape index (κ1) is 17.4. The topological polar surface area (TPSA) is 50.8 Å². The molecule has 1 heterocycles. The fourth-order valence-corrected chi connectivity index (χ4v) is 3.95. The lowest BCUT2D eigenvalue weighted by Gasteiger charge is -2.25. The lowest BCUT2D eigenvalue weighted by atomic mass is 10.2. The summed E-state index contributed by atoms with van der Waals surface area (Å²) in [6.07, 6.45) is 0. The van der Waals surface area contributed by atoms with Gasteiger partial charge in [-0.25, -0.2) is 9.18 Å². The Balaban J connectivity index is 1.78. The van der Waals surface area contributed by atoms with Crippen LogP contribution in [0.15, 0.2) is 42.5 Å². The van der Waals surface area contributed by atoms with E-state index in [1.54, 1.807) is 48.0 Å². The first-order chi connectivity index (χ1) is 12.1.